The number of carbonyl (C=O) groups is 2. The topological polar surface area (TPSA) is 82.6 Å². The lowest BCUT2D eigenvalue weighted by Crippen LogP contribution is -2.67. The highest BCUT2D eigenvalue weighted by Gasteiger charge is 2.37. The van der Waals surface area contributed by atoms with E-state index in [2.05, 4.69) is 20.9 Å². The van der Waals surface area contributed by atoms with Crippen LogP contribution >= 0.6 is 11.8 Å². The molecule has 2 rings (SSSR count). The van der Waals surface area contributed by atoms with Crippen molar-refractivity contribution >= 4 is 29.8 Å². The number of hydrogen-bond donors (Lipinski definition) is 3. The Balaban J connectivity index is 1.99. The lowest BCUT2D eigenvalue weighted by Gasteiger charge is -2.30. The second kappa shape index (κ2) is 7.60. The highest BCUT2D eigenvalue weighted by molar-refractivity contribution is 8.00. The number of carbonyl (C=O) groups excluding carboxylic acids is 2. The summed E-state index contributed by atoms with van der Waals surface area (Å²) in [6.07, 6.45) is 4.09. The molecular weight excluding hydrogens is 357 g/mol. The zero-order valence-corrected chi connectivity index (χ0v) is 13.9. The van der Waals surface area contributed by atoms with Gasteiger partial charge in [0.25, 0.3) is 5.91 Å². The van der Waals surface area contributed by atoms with Crippen LogP contribution in [0, 0.1) is 0 Å². The number of rotatable bonds is 5. The zero-order chi connectivity index (χ0) is 18.5. The molecule has 1 aliphatic rings. The van der Waals surface area contributed by atoms with E-state index in [-0.39, 0.29) is 23.2 Å². The van der Waals surface area contributed by atoms with Gasteiger partial charge >= 0.3 is 5.51 Å². The average Bonchev–Trinajstić information content (AvgIpc) is 2.52. The molecule has 1 aromatic carbocycles. The van der Waals surface area contributed by atoms with Crippen LogP contribution in [-0.2, 0) is 16.1 Å². The molecule has 0 aliphatic carbocycles. The zero-order valence-electron chi connectivity index (χ0n) is 13.1. The molecule has 1 unspecified atom stereocenters. The first-order chi connectivity index (χ1) is 11.7. The summed E-state index contributed by atoms with van der Waals surface area (Å²) in [4.78, 5) is 27.7. The van der Waals surface area contributed by atoms with Gasteiger partial charge in [0.05, 0.1) is 6.21 Å². The van der Waals surface area contributed by atoms with Gasteiger partial charge in [-0.15, -0.1) is 0 Å². The number of aliphatic imine (C=N–C) groups is 1. The van der Waals surface area contributed by atoms with Crippen LogP contribution in [0.25, 0.3) is 0 Å². The molecule has 0 aromatic heterocycles. The Bertz CT molecular complexity index is 704. The first-order valence-corrected chi connectivity index (χ1v) is 7.91. The third-order valence-electron chi connectivity index (χ3n) is 3.08. The number of halogens is 3. The van der Waals surface area contributed by atoms with Crippen molar-refractivity contribution in [3.05, 3.63) is 42.2 Å². The van der Waals surface area contributed by atoms with E-state index >= 15 is 0 Å². The van der Waals surface area contributed by atoms with Crippen LogP contribution in [0.15, 0.2) is 46.6 Å². The summed E-state index contributed by atoms with van der Waals surface area (Å²) in [7, 11) is 0. The summed E-state index contributed by atoms with van der Waals surface area (Å²) >= 11 is -0.207. The molecule has 0 bridgehead atoms. The maximum absolute atomic E-state index is 12.4. The Morgan fingerprint density at radius 3 is 2.48 bits per heavy atom. The molecule has 2 amide bonds. The molecular formula is C15H15F3N4O2S. The third kappa shape index (κ3) is 5.52. The Morgan fingerprint density at radius 1 is 1.28 bits per heavy atom. The summed E-state index contributed by atoms with van der Waals surface area (Å²) < 4.78 is 36.9. The Morgan fingerprint density at radius 2 is 1.96 bits per heavy atom. The van der Waals surface area contributed by atoms with Crippen LogP contribution in [0.3, 0.4) is 0 Å². The molecule has 0 saturated carbocycles. The van der Waals surface area contributed by atoms with E-state index in [9.17, 15) is 22.8 Å². The van der Waals surface area contributed by atoms with Crippen molar-refractivity contribution in [3.8, 4) is 0 Å². The maximum atomic E-state index is 12.4. The van der Waals surface area contributed by atoms with E-state index in [1.165, 1.54) is 49.8 Å². The van der Waals surface area contributed by atoms with Crippen molar-refractivity contribution in [2.45, 2.75) is 29.5 Å². The third-order valence-corrected chi connectivity index (χ3v) is 3.82. The summed E-state index contributed by atoms with van der Waals surface area (Å²) in [6, 6.07) is 5.63. The van der Waals surface area contributed by atoms with E-state index in [0.717, 1.165) is 0 Å². The van der Waals surface area contributed by atoms with Gasteiger partial charge in [0.1, 0.15) is 0 Å². The molecule has 3 N–H and O–H groups in total. The van der Waals surface area contributed by atoms with Crippen molar-refractivity contribution in [2.24, 2.45) is 4.99 Å². The largest absolute Gasteiger partial charge is 0.446 e. The standard InChI is InChI=1S/C15H15F3N4O2S/c1-10(23)22-14(9-19-6-7-21-14)13(24)20-8-11-2-4-12(5-3-11)25-15(16,17)18/h2-7,9,21H,8H2,1H3,(H,20,24)(H,22,23). The minimum atomic E-state index is -4.35. The summed E-state index contributed by atoms with van der Waals surface area (Å²) in [5, 5.41) is 7.82. The second-order valence-corrected chi connectivity index (χ2v) is 6.24. The van der Waals surface area contributed by atoms with E-state index in [1.54, 1.807) is 0 Å². The molecule has 25 heavy (non-hydrogen) atoms. The van der Waals surface area contributed by atoms with E-state index < -0.39 is 23.0 Å². The van der Waals surface area contributed by atoms with Crippen molar-refractivity contribution < 1.29 is 22.8 Å². The lowest BCUT2D eigenvalue weighted by molar-refractivity contribution is -0.130. The molecule has 10 heteroatoms. The van der Waals surface area contributed by atoms with Gasteiger partial charge in [0.2, 0.25) is 11.6 Å². The minimum absolute atomic E-state index is 0.0588. The van der Waals surface area contributed by atoms with Crippen molar-refractivity contribution in [3.63, 3.8) is 0 Å². The number of benzene rings is 1. The van der Waals surface area contributed by atoms with Gasteiger partial charge in [-0.3, -0.25) is 14.6 Å². The Labute approximate surface area is 146 Å². The molecule has 0 radical (unpaired) electrons. The van der Waals surface area contributed by atoms with E-state index in [0.29, 0.717) is 5.56 Å². The van der Waals surface area contributed by atoms with Gasteiger partial charge in [0.15, 0.2) is 0 Å². The normalized spacial score (nSPS) is 19.2. The van der Waals surface area contributed by atoms with E-state index in [4.69, 9.17) is 0 Å². The predicted octanol–water partition coefficient (Wildman–Crippen LogP) is 1.89. The minimum Gasteiger partial charge on any atom is -0.355 e. The van der Waals surface area contributed by atoms with Gasteiger partial charge in [-0.1, -0.05) is 12.1 Å². The molecule has 1 aromatic rings. The maximum Gasteiger partial charge on any atom is 0.446 e. The summed E-state index contributed by atoms with van der Waals surface area (Å²) in [5.74, 6) is -0.984. The Kier molecular flexibility index (Phi) is 5.73. The number of hydrogen-bond acceptors (Lipinski definition) is 5. The molecule has 1 heterocycles. The van der Waals surface area contributed by atoms with Crippen LogP contribution in [-0.4, -0.2) is 29.2 Å². The van der Waals surface area contributed by atoms with Crippen LogP contribution in [0.1, 0.15) is 12.5 Å². The molecule has 6 nitrogen and oxygen atoms in total. The van der Waals surface area contributed by atoms with Crippen LogP contribution in [0.4, 0.5) is 13.2 Å². The quantitative estimate of drug-likeness (QED) is 0.690. The smallest absolute Gasteiger partial charge is 0.355 e. The van der Waals surface area contributed by atoms with Gasteiger partial charge < -0.3 is 16.0 Å². The van der Waals surface area contributed by atoms with Gasteiger partial charge in [-0.05, 0) is 29.5 Å². The lowest BCUT2D eigenvalue weighted by atomic mass is 10.1. The van der Waals surface area contributed by atoms with Crippen LogP contribution in [0.2, 0.25) is 0 Å². The molecule has 1 aliphatic heterocycles. The van der Waals surface area contributed by atoms with Crippen molar-refractivity contribution in [1.82, 2.24) is 16.0 Å². The average molecular weight is 372 g/mol. The van der Waals surface area contributed by atoms with Gasteiger partial charge in [-0.25, -0.2) is 0 Å². The summed E-state index contributed by atoms with van der Waals surface area (Å²) in [6.45, 7) is 1.34. The predicted molar refractivity (Wildman–Crippen MR) is 87.5 cm³/mol. The first-order valence-electron chi connectivity index (χ1n) is 7.09. The number of thioether (sulfide) groups is 1. The van der Waals surface area contributed by atoms with Gasteiger partial charge in [0, 0.05) is 30.8 Å². The molecule has 134 valence electrons. The fraction of sp³-hybridized carbons (Fsp3) is 0.267. The van der Waals surface area contributed by atoms with Gasteiger partial charge in [-0.2, -0.15) is 13.2 Å². The van der Waals surface area contributed by atoms with Crippen LogP contribution in [0.5, 0.6) is 0 Å². The fourth-order valence-corrected chi connectivity index (χ4v) is 2.60. The number of amides is 2. The van der Waals surface area contributed by atoms with Crippen molar-refractivity contribution in [1.29, 1.82) is 0 Å². The highest BCUT2D eigenvalue weighted by atomic mass is 32.2. The van der Waals surface area contributed by atoms with Crippen molar-refractivity contribution in [2.75, 3.05) is 0 Å². The molecule has 0 saturated heterocycles. The highest BCUT2D eigenvalue weighted by Crippen LogP contribution is 2.36. The molecule has 0 spiro atoms. The summed E-state index contributed by atoms with van der Waals surface area (Å²) in [5.41, 5.74) is -5.24. The first kappa shape index (κ1) is 18.8. The SMILES string of the molecule is CC(=O)NC1(C(=O)NCc2ccc(SC(F)(F)F)cc2)C=NC=CN1. The molecule has 0 fully saturated rings. The number of nitrogens with one attached hydrogen (secondary N) is 3. The Hall–Kier alpha value is -2.49. The monoisotopic (exact) mass is 372 g/mol. The number of alkyl halides is 3. The number of nitrogens with zero attached hydrogens (tertiary/aromatic N) is 1. The second-order valence-electron chi connectivity index (χ2n) is 5.10. The van der Waals surface area contributed by atoms with Crippen LogP contribution < -0.4 is 16.0 Å². The molecule has 1 atom stereocenters. The van der Waals surface area contributed by atoms with E-state index in [1.807, 2.05) is 0 Å². The fourth-order valence-electron chi connectivity index (χ4n) is 2.06.